The summed E-state index contributed by atoms with van der Waals surface area (Å²) >= 11 is 9.72. The van der Waals surface area contributed by atoms with Crippen molar-refractivity contribution in [3.63, 3.8) is 0 Å². The van der Waals surface area contributed by atoms with Crippen molar-refractivity contribution in [1.29, 1.82) is 0 Å². The molecule has 5 heteroatoms. The Kier molecular flexibility index (Phi) is 5.17. The molecule has 100 valence electrons. The fraction of sp³-hybridized carbons (Fsp3) is 0.538. The van der Waals surface area contributed by atoms with E-state index in [1.807, 2.05) is 0 Å². The van der Waals surface area contributed by atoms with Crippen molar-refractivity contribution in [3.8, 4) is 0 Å². The van der Waals surface area contributed by atoms with Crippen molar-refractivity contribution in [2.45, 2.75) is 38.4 Å². The molecule has 0 bridgehead atoms. The van der Waals surface area contributed by atoms with Crippen LogP contribution in [0.2, 0.25) is 5.02 Å². The van der Waals surface area contributed by atoms with Gasteiger partial charge in [0.2, 0.25) is 0 Å². The quantitative estimate of drug-likeness (QED) is 0.442. The van der Waals surface area contributed by atoms with Gasteiger partial charge in [-0.05, 0) is 23.8 Å². The van der Waals surface area contributed by atoms with Gasteiger partial charge < -0.3 is 0 Å². The van der Waals surface area contributed by atoms with Crippen molar-refractivity contribution in [2.75, 3.05) is 0 Å². The third-order valence-corrected chi connectivity index (χ3v) is 5.04. The number of nitrogens with zero attached hydrogens (tertiary/aromatic N) is 1. The summed E-state index contributed by atoms with van der Waals surface area (Å²) < 4.78 is 0. The van der Waals surface area contributed by atoms with Gasteiger partial charge in [-0.2, -0.15) is 0 Å². The van der Waals surface area contributed by atoms with Crippen LogP contribution in [-0.2, 0) is 6.42 Å². The molecule has 0 N–H and O–H groups in total. The lowest BCUT2D eigenvalue weighted by Gasteiger charge is -2.25. The van der Waals surface area contributed by atoms with Gasteiger partial charge in [0, 0.05) is 17.0 Å². The highest BCUT2D eigenvalue weighted by Gasteiger charge is 2.21. The van der Waals surface area contributed by atoms with Crippen LogP contribution < -0.4 is 0 Å². The van der Waals surface area contributed by atoms with Crippen LogP contribution in [0.15, 0.2) is 18.2 Å². The first kappa shape index (κ1) is 15.4. The molecule has 18 heavy (non-hydrogen) atoms. The Morgan fingerprint density at radius 2 is 2.06 bits per heavy atom. The van der Waals surface area contributed by atoms with E-state index in [-0.39, 0.29) is 11.1 Å². The standard InChI is InChI=1S/C13H17BrClNO2/c1-13(2,3)12(14)7-5-9-4-6-10(16(17)18)8-11(9)15/h4,6,8,12H,5,7H2,1-3H3. The van der Waals surface area contributed by atoms with Gasteiger partial charge in [0.1, 0.15) is 0 Å². The average Bonchev–Trinajstić information content (AvgIpc) is 2.25. The van der Waals surface area contributed by atoms with Crippen molar-refractivity contribution in [1.82, 2.24) is 0 Å². The molecule has 1 atom stereocenters. The fourth-order valence-corrected chi connectivity index (χ4v) is 2.07. The van der Waals surface area contributed by atoms with Gasteiger partial charge >= 0.3 is 0 Å². The molecule has 0 aliphatic carbocycles. The molecule has 1 rings (SSSR count). The molecule has 0 heterocycles. The number of alkyl halides is 1. The average molecular weight is 335 g/mol. The maximum atomic E-state index is 10.6. The largest absolute Gasteiger partial charge is 0.270 e. The molecule has 0 radical (unpaired) electrons. The van der Waals surface area contributed by atoms with E-state index in [2.05, 4.69) is 36.7 Å². The van der Waals surface area contributed by atoms with Crippen molar-refractivity contribution in [3.05, 3.63) is 38.9 Å². The molecule has 0 aliphatic rings. The minimum atomic E-state index is -0.432. The SMILES string of the molecule is CC(C)(C)C(Br)CCc1ccc([N+](=O)[O-])cc1Cl. The van der Waals surface area contributed by atoms with Gasteiger partial charge in [0.05, 0.1) is 9.95 Å². The third-order valence-electron chi connectivity index (χ3n) is 2.85. The number of hydrogen-bond acceptors (Lipinski definition) is 2. The van der Waals surface area contributed by atoms with Crippen LogP contribution in [0.4, 0.5) is 5.69 Å². The zero-order chi connectivity index (χ0) is 13.9. The first-order valence-corrected chi connectivity index (χ1v) is 7.08. The van der Waals surface area contributed by atoms with E-state index in [0.717, 1.165) is 18.4 Å². The summed E-state index contributed by atoms with van der Waals surface area (Å²) in [7, 11) is 0. The number of benzene rings is 1. The first-order chi connectivity index (χ1) is 8.21. The molecule has 0 fully saturated rings. The highest BCUT2D eigenvalue weighted by atomic mass is 79.9. The molecule has 1 aromatic rings. The second-order valence-corrected chi connectivity index (χ2v) is 6.92. The molecule has 0 saturated carbocycles. The van der Waals surface area contributed by atoms with E-state index >= 15 is 0 Å². The summed E-state index contributed by atoms with van der Waals surface area (Å²) in [5, 5.41) is 11.1. The van der Waals surface area contributed by atoms with E-state index in [4.69, 9.17) is 11.6 Å². The zero-order valence-corrected chi connectivity index (χ0v) is 13.1. The number of nitro benzene ring substituents is 1. The number of aryl methyl sites for hydroxylation is 1. The minimum absolute atomic E-state index is 0.0370. The maximum Gasteiger partial charge on any atom is 0.270 e. The third kappa shape index (κ3) is 4.25. The number of non-ortho nitro benzene ring substituents is 1. The summed E-state index contributed by atoms with van der Waals surface area (Å²) in [6.07, 6.45) is 1.76. The summed E-state index contributed by atoms with van der Waals surface area (Å²) in [5.41, 5.74) is 1.18. The normalized spacial score (nSPS) is 13.4. The van der Waals surface area contributed by atoms with E-state index in [0.29, 0.717) is 9.85 Å². The lowest BCUT2D eigenvalue weighted by Crippen LogP contribution is -2.20. The number of nitro groups is 1. The van der Waals surface area contributed by atoms with Gasteiger partial charge in [0.25, 0.3) is 5.69 Å². The summed E-state index contributed by atoms with van der Waals surface area (Å²) in [5.74, 6) is 0. The van der Waals surface area contributed by atoms with E-state index in [1.54, 1.807) is 6.07 Å². The molecule has 0 amide bonds. The Morgan fingerprint density at radius 1 is 1.44 bits per heavy atom. The number of halogens is 2. The Bertz CT molecular complexity index is 443. The molecular weight excluding hydrogens is 318 g/mol. The molecule has 1 unspecified atom stereocenters. The first-order valence-electron chi connectivity index (χ1n) is 5.78. The molecule has 3 nitrogen and oxygen atoms in total. The molecule has 0 saturated heterocycles. The highest BCUT2D eigenvalue weighted by molar-refractivity contribution is 9.09. The second-order valence-electron chi connectivity index (χ2n) is 5.41. The van der Waals surface area contributed by atoms with Crippen LogP contribution in [0.5, 0.6) is 0 Å². The molecule has 0 aliphatic heterocycles. The molecule has 1 aromatic carbocycles. The van der Waals surface area contributed by atoms with Crippen molar-refractivity contribution < 1.29 is 4.92 Å². The van der Waals surface area contributed by atoms with Gasteiger partial charge in [0.15, 0.2) is 0 Å². The predicted molar refractivity (Wildman–Crippen MR) is 78.6 cm³/mol. The van der Waals surface area contributed by atoms with E-state index in [9.17, 15) is 10.1 Å². The van der Waals surface area contributed by atoms with Crippen LogP contribution >= 0.6 is 27.5 Å². The fourth-order valence-electron chi connectivity index (χ4n) is 1.57. The topological polar surface area (TPSA) is 43.1 Å². The molecule has 0 spiro atoms. The predicted octanol–water partition coefficient (Wildman–Crippen LogP) is 4.99. The number of rotatable bonds is 4. The highest BCUT2D eigenvalue weighted by Crippen LogP contribution is 2.31. The molecular formula is C13H17BrClNO2. The van der Waals surface area contributed by atoms with Gasteiger partial charge in [-0.3, -0.25) is 10.1 Å². The van der Waals surface area contributed by atoms with E-state index in [1.165, 1.54) is 12.1 Å². The minimum Gasteiger partial charge on any atom is -0.258 e. The summed E-state index contributed by atoms with van der Waals surface area (Å²) in [4.78, 5) is 10.6. The van der Waals surface area contributed by atoms with Crippen LogP contribution in [0.25, 0.3) is 0 Å². The zero-order valence-electron chi connectivity index (χ0n) is 10.7. The second kappa shape index (κ2) is 6.02. The lowest BCUT2D eigenvalue weighted by atomic mass is 9.89. The summed E-state index contributed by atoms with van der Waals surface area (Å²) in [6.45, 7) is 6.51. The number of hydrogen-bond donors (Lipinski definition) is 0. The Balaban J connectivity index is 2.72. The summed E-state index contributed by atoms with van der Waals surface area (Å²) in [6, 6.07) is 4.65. The van der Waals surface area contributed by atoms with Gasteiger partial charge in [-0.15, -0.1) is 0 Å². The lowest BCUT2D eigenvalue weighted by molar-refractivity contribution is -0.384. The van der Waals surface area contributed by atoms with Crippen LogP contribution in [-0.4, -0.2) is 9.75 Å². The monoisotopic (exact) mass is 333 g/mol. The van der Waals surface area contributed by atoms with Gasteiger partial charge in [-0.25, -0.2) is 0 Å². The smallest absolute Gasteiger partial charge is 0.258 e. The van der Waals surface area contributed by atoms with Crippen LogP contribution in [0.3, 0.4) is 0 Å². The van der Waals surface area contributed by atoms with Crippen LogP contribution in [0, 0.1) is 15.5 Å². The Morgan fingerprint density at radius 3 is 2.50 bits per heavy atom. The Hall–Kier alpha value is -0.610. The van der Waals surface area contributed by atoms with E-state index < -0.39 is 4.92 Å². The maximum absolute atomic E-state index is 10.6. The van der Waals surface area contributed by atoms with Crippen molar-refractivity contribution >= 4 is 33.2 Å². The van der Waals surface area contributed by atoms with Crippen molar-refractivity contribution in [2.24, 2.45) is 5.41 Å². The van der Waals surface area contributed by atoms with Crippen LogP contribution in [0.1, 0.15) is 32.8 Å². The molecule has 0 aromatic heterocycles. The Labute approximate surface area is 121 Å². The van der Waals surface area contributed by atoms with Gasteiger partial charge in [-0.1, -0.05) is 54.4 Å².